The molecule has 0 atom stereocenters. The Balaban J connectivity index is 1.77. The van der Waals surface area contributed by atoms with Crippen molar-refractivity contribution in [3.05, 3.63) is 75.8 Å². The molecule has 0 N–H and O–H groups in total. The predicted octanol–water partition coefficient (Wildman–Crippen LogP) is 4.86. The maximum atomic E-state index is 13.8. The third kappa shape index (κ3) is 3.44. The summed E-state index contributed by atoms with van der Waals surface area (Å²) < 4.78 is 19.0. The topological polar surface area (TPSA) is 50.5 Å². The minimum atomic E-state index is -0.553. The van der Waals surface area contributed by atoms with Crippen molar-refractivity contribution in [2.45, 2.75) is 6.54 Å². The molecule has 1 aliphatic rings. The number of halogens is 2. The number of carbonyl (C=O) groups excluding carboxylic acids is 2. The molecule has 0 aliphatic carbocycles. The van der Waals surface area contributed by atoms with E-state index < -0.39 is 17.0 Å². The third-order valence-electron chi connectivity index (χ3n) is 3.30. The lowest BCUT2D eigenvalue weighted by Crippen LogP contribution is -2.28. The maximum Gasteiger partial charge on any atom is 0.293 e. The first-order valence-electron chi connectivity index (χ1n) is 6.94. The Morgan fingerprint density at radius 2 is 2.08 bits per heavy atom. The van der Waals surface area contributed by atoms with E-state index in [1.165, 1.54) is 30.5 Å². The zero-order chi connectivity index (χ0) is 17.1. The van der Waals surface area contributed by atoms with Crippen LogP contribution in [0.4, 0.5) is 9.18 Å². The Labute approximate surface area is 146 Å². The van der Waals surface area contributed by atoms with Gasteiger partial charge in [0.1, 0.15) is 11.6 Å². The van der Waals surface area contributed by atoms with Gasteiger partial charge in [-0.2, -0.15) is 0 Å². The van der Waals surface area contributed by atoms with Gasteiger partial charge in [0.05, 0.1) is 17.7 Å². The van der Waals surface area contributed by atoms with Crippen LogP contribution in [0.25, 0.3) is 6.08 Å². The summed E-state index contributed by atoms with van der Waals surface area (Å²) >= 11 is 6.75. The summed E-state index contributed by atoms with van der Waals surface area (Å²) in [6.45, 7) is -0.199. The number of furan rings is 1. The van der Waals surface area contributed by atoms with Gasteiger partial charge in [0.2, 0.25) is 0 Å². The van der Waals surface area contributed by atoms with Crippen molar-refractivity contribution < 1.29 is 18.4 Å². The van der Waals surface area contributed by atoms with Gasteiger partial charge in [0.25, 0.3) is 11.1 Å². The zero-order valence-corrected chi connectivity index (χ0v) is 13.8. The number of allylic oxidation sites excluding steroid dienone is 2. The van der Waals surface area contributed by atoms with Gasteiger partial charge < -0.3 is 4.42 Å². The number of hydrogen-bond donors (Lipinski definition) is 0. The highest BCUT2D eigenvalue weighted by atomic mass is 35.5. The number of benzene rings is 1. The second-order valence-electron chi connectivity index (χ2n) is 4.86. The number of imide groups is 1. The fourth-order valence-corrected chi connectivity index (χ4v) is 3.12. The summed E-state index contributed by atoms with van der Waals surface area (Å²) in [6.07, 6.45) is 6.34. The number of nitrogens with zero attached hydrogens (tertiary/aromatic N) is 1. The number of amides is 2. The smallest absolute Gasteiger partial charge is 0.293 e. The molecule has 1 aromatic heterocycles. The first-order valence-corrected chi connectivity index (χ1v) is 8.14. The van der Waals surface area contributed by atoms with Gasteiger partial charge >= 0.3 is 0 Å². The van der Waals surface area contributed by atoms with E-state index in [1.807, 2.05) is 0 Å². The van der Waals surface area contributed by atoms with E-state index in [1.54, 1.807) is 24.3 Å². The van der Waals surface area contributed by atoms with E-state index in [0.29, 0.717) is 5.76 Å². The Morgan fingerprint density at radius 1 is 1.25 bits per heavy atom. The van der Waals surface area contributed by atoms with Crippen LogP contribution in [0.1, 0.15) is 11.3 Å². The van der Waals surface area contributed by atoms with E-state index >= 15 is 0 Å². The highest BCUT2D eigenvalue weighted by Gasteiger charge is 2.35. The van der Waals surface area contributed by atoms with Crippen LogP contribution in [-0.2, 0) is 11.3 Å². The van der Waals surface area contributed by atoms with Crippen molar-refractivity contribution in [3.63, 3.8) is 0 Å². The number of rotatable bonds is 4. The normalized spacial score (nSPS) is 16.8. The van der Waals surface area contributed by atoms with Crippen LogP contribution in [0, 0.1) is 5.82 Å². The van der Waals surface area contributed by atoms with Crippen LogP contribution in [-0.4, -0.2) is 16.0 Å². The lowest BCUT2D eigenvalue weighted by Gasteiger charge is -2.14. The third-order valence-corrected chi connectivity index (χ3v) is 4.58. The van der Waals surface area contributed by atoms with Crippen molar-refractivity contribution in [1.29, 1.82) is 0 Å². The minimum Gasteiger partial charge on any atom is -0.465 e. The van der Waals surface area contributed by atoms with Gasteiger partial charge in [0, 0.05) is 10.6 Å². The minimum absolute atomic E-state index is 0.119. The molecule has 0 bridgehead atoms. The largest absolute Gasteiger partial charge is 0.465 e. The van der Waals surface area contributed by atoms with Crippen LogP contribution in [0.15, 0.2) is 58.1 Å². The first-order chi connectivity index (χ1) is 11.6. The molecule has 0 saturated carbocycles. The van der Waals surface area contributed by atoms with E-state index in [4.69, 9.17) is 16.0 Å². The lowest BCUT2D eigenvalue weighted by atomic mass is 10.2. The van der Waals surface area contributed by atoms with Crippen molar-refractivity contribution in [2.75, 3.05) is 0 Å². The summed E-state index contributed by atoms with van der Waals surface area (Å²) in [5, 5.41) is -0.285. The predicted molar refractivity (Wildman–Crippen MR) is 90.8 cm³/mol. The summed E-state index contributed by atoms with van der Waals surface area (Å²) in [4.78, 5) is 25.6. The summed E-state index contributed by atoms with van der Waals surface area (Å²) in [7, 11) is 0. The molecule has 24 heavy (non-hydrogen) atoms. The Bertz CT molecular complexity index is 825. The Kier molecular flexibility index (Phi) is 4.87. The zero-order valence-electron chi connectivity index (χ0n) is 12.2. The molecule has 3 rings (SSSR count). The summed E-state index contributed by atoms with van der Waals surface area (Å²) in [6, 6.07) is 7.72. The van der Waals surface area contributed by atoms with Crippen LogP contribution in [0.5, 0.6) is 0 Å². The molecule has 0 spiro atoms. The quantitative estimate of drug-likeness (QED) is 0.727. The van der Waals surface area contributed by atoms with Gasteiger partial charge in [-0.25, -0.2) is 4.39 Å². The van der Waals surface area contributed by atoms with E-state index in [-0.39, 0.29) is 22.0 Å². The molecule has 4 nitrogen and oxygen atoms in total. The Hall–Kier alpha value is -2.31. The van der Waals surface area contributed by atoms with Crippen molar-refractivity contribution in [1.82, 2.24) is 4.90 Å². The van der Waals surface area contributed by atoms with Crippen LogP contribution in [0.3, 0.4) is 0 Å². The molecular formula is C17H11ClFNO3S. The van der Waals surface area contributed by atoms with E-state index in [2.05, 4.69) is 0 Å². The second-order valence-corrected chi connectivity index (χ2v) is 6.27. The first kappa shape index (κ1) is 16.5. The van der Waals surface area contributed by atoms with Gasteiger partial charge in [0.15, 0.2) is 0 Å². The molecule has 1 aliphatic heterocycles. The van der Waals surface area contributed by atoms with E-state index in [9.17, 15) is 14.0 Å². The average Bonchev–Trinajstić information content (AvgIpc) is 3.14. The molecule has 7 heteroatoms. The average molecular weight is 364 g/mol. The fourth-order valence-electron chi connectivity index (χ4n) is 2.11. The SMILES string of the molecule is O=C1S/C(=C\C=C\c2ccco2)C(=O)N1Cc1c(F)cccc1Cl. The monoisotopic (exact) mass is 363 g/mol. The molecule has 0 unspecified atom stereocenters. The van der Waals surface area contributed by atoms with Crippen LogP contribution < -0.4 is 0 Å². The molecule has 1 fully saturated rings. The van der Waals surface area contributed by atoms with Gasteiger partial charge in [-0.3, -0.25) is 14.5 Å². The van der Waals surface area contributed by atoms with Crippen molar-refractivity contribution in [3.8, 4) is 0 Å². The molecule has 2 aromatic rings. The van der Waals surface area contributed by atoms with Gasteiger partial charge in [-0.05, 0) is 48.2 Å². The molecule has 2 heterocycles. The number of carbonyl (C=O) groups is 2. The molecule has 1 aromatic carbocycles. The standard InChI is InChI=1S/C17H11ClFNO3S/c18-13-6-2-7-14(19)12(13)10-20-16(21)15(24-17(20)22)8-1-4-11-5-3-9-23-11/h1-9H,10H2/b4-1+,15-8-. The van der Waals surface area contributed by atoms with Gasteiger partial charge in [-0.15, -0.1) is 0 Å². The summed E-state index contributed by atoms with van der Waals surface area (Å²) in [5.41, 5.74) is 0.119. The molecule has 122 valence electrons. The van der Waals surface area contributed by atoms with Crippen molar-refractivity contribution >= 4 is 40.6 Å². The molecule has 2 amide bonds. The second kappa shape index (κ2) is 7.07. The van der Waals surface area contributed by atoms with Crippen molar-refractivity contribution in [2.24, 2.45) is 0 Å². The highest BCUT2D eigenvalue weighted by molar-refractivity contribution is 8.18. The number of hydrogen-bond acceptors (Lipinski definition) is 4. The van der Waals surface area contributed by atoms with Crippen LogP contribution >= 0.6 is 23.4 Å². The van der Waals surface area contributed by atoms with Crippen LogP contribution in [0.2, 0.25) is 5.02 Å². The highest BCUT2D eigenvalue weighted by Crippen LogP contribution is 2.33. The fraction of sp³-hybridized carbons (Fsp3) is 0.0588. The number of thioether (sulfide) groups is 1. The van der Waals surface area contributed by atoms with Gasteiger partial charge in [-0.1, -0.05) is 23.7 Å². The lowest BCUT2D eigenvalue weighted by molar-refractivity contribution is -0.123. The Morgan fingerprint density at radius 3 is 2.79 bits per heavy atom. The maximum absolute atomic E-state index is 13.8. The molecule has 0 radical (unpaired) electrons. The summed E-state index contributed by atoms with van der Waals surface area (Å²) in [5.74, 6) is -0.403. The van der Waals surface area contributed by atoms with E-state index in [0.717, 1.165) is 16.7 Å². The molecular weight excluding hydrogens is 353 g/mol. The molecule has 1 saturated heterocycles.